The summed E-state index contributed by atoms with van der Waals surface area (Å²) in [6.45, 7) is 0. The minimum Gasteiger partial charge on any atom is -0.478 e. The molecule has 0 aliphatic rings. The van der Waals surface area contributed by atoms with E-state index in [0.29, 0.717) is 16.8 Å². The van der Waals surface area contributed by atoms with E-state index in [0.717, 1.165) is 6.07 Å². The van der Waals surface area contributed by atoms with E-state index in [9.17, 15) is 9.18 Å². The van der Waals surface area contributed by atoms with Gasteiger partial charge in [0.25, 0.3) is 0 Å². The van der Waals surface area contributed by atoms with Crippen molar-refractivity contribution in [2.24, 2.45) is 0 Å². The monoisotopic (exact) mass is 231 g/mol. The van der Waals surface area contributed by atoms with Gasteiger partial charge in [-0.1, -0.05) is 12.1 Å². The second-order valence-electron chi connectivity index (χ2n) is 3.66. The number of hydrogen-bond donors (Lipinski definition) is 2. The Morgan fingerprint density at radius 3 is 2.53 bits per heavy atom. The summed E-state index contributed by atoms with van der Waals surface area (Å²) in [7, 11) is 0. The maximum absolute atomic E-state index is 13.3. The number of carboxylic acid groups (broad SMARTS) is 1. The van der Waals surface area contributed by atoms with Gasteiger partial charge in [-0.3, -0.25) is 0 Å². The van der Waals surface area contributed by atoms with E-state index in [4.69, 9.17) is 10.8 Å². The summed E-state index contributed by atoms with van der Waals surface area (Å²) in [6.07, 6.45) is 0. The fourth-order valence-corrected chi connectivity index (χ4v) is 1.60. The molecule has 3 nitrogen and oxygen atoms in total. The molecule has 86 valence electrons. The summed E-state index contributed by atoms with van der Waals surface area (Å²) < 4.78 is 13.3. The predicted molar refractivity (Wildman–Crippen MR) is 63.2 cm³/mol. The molecule has 3 N–H and O–H groups in total. The van der Waals surface area contributed by atoms with E-state index in [-0.39, 0.29) is 5.56 Å². The largest absolute Gasteiger partial charge is 0.478 e. The molecular weight excluding hydrogens is 221 g/mol. The molecule has 2 aromatic carbocycles. The van der Waals surface area contributed by atoms with Crippen molar-refractivity contribution >= 4 is 11.7 Å². The number of rotatable bonds is 2. The molecule has 0 saturated heterocycles. The summed E-state index contributed by atoms with van der Waals surface area (Å²) >= 11 is 0. The molecule has 0 aliphatic carbocycles. The Morgan fingerprint density at radius 2 is 1.88 bits per heavy atom. The standard InChI is InChI=1S/C13H10FNO2/c14-11-5-9(4-10(6-11)13(16)17)8-2-1-3-12(15)7-8/h1-7H,15H2,(H,16,17). The molecule has 0 aliphatic heterocycles. The van der Waals surface area contributed by atoms with Gasteiger partial charge >= 0.3 is 5.97 Å². The second-order valence-corrected chi connectivity index (χ2v) is 3.66. The van der Waals surface area contributed by atoms with Gasteiger partial charge in [0.2, 0.25) is 0 Å². The van der Waals surface area contributed by atoms with Crippen molar-refractivity contribution in [1.29, 1.82) is 0 Å². The Bertz CT molecular complexity index is 581. The van der Waals surface area contributed by atoms with Crippen molar-refractivity contribution in [2.75, 3.05) is 5.73 Å². The third-order valence-electron chi connectivity index (χ3n) is 2.36. The lowest BCUT2D eigenvalue weighted by atomic mass is 10.0. The average molecular weight is 231 g/mol. The molecule has 17 heavy (non-hydrogen) atoms. The Balaban J connectivity index is 2.56. The molecule has 0 aromatic heterocycles. The molecule has 0 unspecified atom stereocenters. The number of nitrogen functional groups attached to an aromatic ring is 1. The molecule has 2 aromatic rings. The van der Waals surface area contributed by atoms with E-state index in [2.05, 4.69) is 0 Å². The highest BCUT2D eigenvalue weighted by Crippen LogP contribution is 2.23. The molecule has 0 fully saturated rings. The highest BCUT2D eigenvalue weighted by molar-refractivity contribution is 5.89. The first-order valence-electron chi connectivity index (χ1n) is 4.96. The lowest BCUT2D eigenvalue weighted by Crippen LogP contribution is -1.97. The third kappa shape index (κ3) is 2.42. The Kier molecular flexibility index (Phi) is 2.78. The van der Waals surface area contributed by atoms with Crippen LogP contribution in [0.3, 0.4) is 0 Å². The van der Waals surface area contributed by atoms with Gasteiger partial charge in [0.1, 0.15) is 5.82 Å². The zero-order valence-electron chi connectivity index (χ0n) is 8.85. The van der Waals surface area contributed by atoms with Gasteiger partial charge in [0.05, 0.1) is 5.56 Å². The van der Waals surface area contributed by atoms with Gasteiger partial charge in [-0.25, -0.2) is 9.18 Å². The zero-order valence-corrected chi connectivity index (χ0v) is 8.85. The van der Waals surface area contributed by atoms with Crippen molar-refractivity contribution in [3.8, 4) is 11.1 Å². The average Bonchev–Trinajstić information content (AvgIpc) is 2.28. The first kappa shape index (κ1) is 11.1. The summed E-state index contributed by atoms with van der Waals surface area (Å²) in [5, 5.41) is 8.84. The van der Waals surface area contributed by atoms with E-state index in [1.54, 1.807) is 24.3 Å². The Labute approximate surface area is 97.3 Å². The summed E-state index contributed by atoms with van der Waals surface area (Å²) in [5.41, 5.74) is 7.27. The normalized spacial score (nSPS) is 10.2. The smallest absolute Gasteiger partial charge is 0.335 e. The topological polar surface area (TPSA) is 63.3 Å². The lowest BCUT2D eigenvalue weighted by molar-refractivity contribution is 0.0696. The molecule has 0 saturated carbocycles. The third-order valence-corrected chi connectivity index (χ3v) is 2.36. The van der Waals surface area contributed by atoms with Gasteiger partial charge in [-0.15, -0.1) is 0 Å². The molecule has 0 heterocycles. The predicted octanol–water partition coefficient (Wildman–Crippen LogP) is 2.77. The number of anilines is 1. The van der Waals surface area contributed by atoms with Crippen molar-refractivity contribution in [1.82, 2.24) is 0 Å². The first-order valence-corrected chi connectivity index (χ1v) is 4.96. The lowest BCUT2D eigenvalue weighted by Gasteiger charge is -2.04. The van der Waals surface area contributed by atoms with Crippen LogP contribution in [0.1, 0.15) is 10.4 Å². The van der Waals surface area contributed by atoms with Crippen LogP contribution in [0.4, 0.5) is 10.1 Å². The van der Waals surface area contributed by atoms with Gasteiger partial charge in [-0.2, -0.15) is 0 Å². The van der Waals surface area contributed by atoms with Crippen LogP contribution in [-0.2, 0) is 0 Å². The van der Waals surface area contributed by atoms with Gasteiger partial charge in [0.15, 0.2) is 0 Å². The zero-order chi connectivity index (χ0) is 12.4. The number of carbonyl (C=O) groups is 1. The fraction of sp³-hybridized carbons (Fsp3) is 0. The van der Waals surface area contributed by atoms with Crippen LogP contribution >= 0.6 is 0 Å². The van der Waals surface area contributed by atoms with Crippen LogP contribution in [0.15, 0.2) is 42.5 Å². The first-order chi connectivity index (χ1) is 8.06. The number of nitrogens with two attached hydrogens (primary N) is 1. The molecule has 0 radical (unpaired) electrons. The molecule has 0 amide bonds. The summed E-state index contributed by atoms with van der Waals surface area (Å²) in [5.74, 6) is -1.74. The molecule has 0 spiro atoms. The van der Waals surface area contributed by atoms with Crippen LogP contribution in [0.2, 0.25) is 0 Å². The number of aromatic carboxylic acids is 1. The Hall–Kier alpha value is -2.36. The summed E-state index contributed by atoms with van der Waals surface area (Å²) in [4.78, 5) is 10.8. The van der Waals surface area contributed by atoms with Crippen molar-refractivity contribution in [2.45, 2.75) is 0 Å². The van der Waals surface area contributed by atoms with Gasteiger partial charge in [0, 0.05) is 5.69 Å². The van der Waals surface area contributed by atoms with Crippen LogP contribution in [0, 0.1) is 5.82 Å². The minimum atomic E-state index is -1.16. The van der Waals surface area contributed by atoms with Gasteiger partial charge in [-0.05, 0) is 41.5 Å². The summed E-state index contributed by atoms with van der Waals surface area (Å²) in [6, 6.07) is 10.5. The van der Waals surface area contributed by atoms with Crippen LogP contribution in [0.25, 0.3) is 11.1 Å². The van der Waals surface area contributed by atoms with Crippen LogP contribution in [0.5, 0.6) is 0 Å². The van der Waals surface area contributed by atoms with E-state index in [1.165, 1.54) is 12.1 Å². The molecule has 0 atom stereocenters. The highest BCUT2D eigenvalue weighted by Gasteiger charge is 2.08. The Morgan fingerprint density at radius 1 is 1.12 bits per heavy atom. The van der Waals surface area contributed by atoms with Crippen molar-refractivity contribution < 1.29 is 14.3 Å². The molecular formula is C13H10FNO2. The van der Waals surface area contributed by atoms with Gasteiger partial charge < -0.3 is 10.8 Å². The van der Waals surface area contributed by atoms with Crippen molar-refractivity contribution in [3.63, 3.8) is 0 Å². The second kappa shape index (κ2) is 4.25. The maximum atomic E-state index is 13.3. The van der Waals surface area contributed by atoms with E-state index in [1.807, 2.05) is 0 Å². The SMILES string of the molecule is Nc1cccc(-c2cc(F)cc(C(=O)O)c2)c1. The van der Waals surface area contributed by atoms with Crippen molar-refractivity contribution in [3.05, 3.63) is 53.8 Å². The number of benzene rings is 2. The fourth-order valence-electron chi connectivity index (χ4n) is 1.60. The number of halogens is 1. The molecule has 2 rings (SSSR count). The molecule has 0 bridgehead atoms. The number of carboxylic acids is 1. The minimum absolute atomic E-state index is 0.0811. The quantitative estimate of drug-likeness (QED) is 0.781. The number of hydrogen-bond acceptors (Lipinski definition) is 2. The maximum Gasteiger partial charge on any atom is 0.335 e. The van der Waals surface area contributed by atoms with E-state index >= 15 is 0 Å². The van der Waals surface area contributed by atoms with E-state index < -0.39 is 11.8 Å². The van der Waals surface area contributed by atoms with Crippen LogP contribution in [-0.4, -0.2) is 11.1 Å². The van der Waals surface area contributed by atoms with Crippen LogP contribution < -0.4 is 5.73 Å². The highest BCUT2D eigenvalue weighted by atomic mass is 19.1. The molecule has 4 heteroatoms.